The summed E-state index contributed by atoms with van der Waals surface area (Å²) >= 11 is 0. The Morgan fingerprint density at radius 1 is 1.36 bits per heavy atom. The summed E-state index contributed by atoms with van der Waals surface area (Å²) in [5, 5.41) is 16.3. The van der Waals surface area contributed by atoms with Crippen LogP contribution in [0.2, 0.25) is 0 Å². The first-order chi connectivity index (χ1) is 6.83. The molecule has 2 N–H and O–H groups in total. The number of hydrogen-bond donors (Lipinski definition) is 2. The van der Waals surface area contributed by atoms with Crippen molar-refractivity contribution in [1.82, 2.24) is 10.2 Å². The van der Waals surface area contributed by atoms with E-state index >= 15 is 0 Å². The summed E-state index contributed by atoms with van der Waals surface area (Å²) in [7, 11) is 0. The van der Waals surface area contributed by atoms with Gasteiger partial charge in [0.1, 0.15) is 5.75 Å². The van der Waals surface area contributed by atoms with Crippen LogP contribution in [-0.2, 0) is 0 Å². The molecule has 2 rings (SSSR count). The monoisotopic (exact) mass is 186 g/mol. The molecule has 0 amide bonds. The zero-order chi connectivity index (χ0) is 9.97. The molecule has 0 bridgehead atoms. The Kier molecular flexibility index (Phi) is 2.07. The van der Waals surface area contributed by atoms with E-state index < -0.39 is 0 Å². The highest BCUT2D eigenvalue weighted by atomic mass is 16.3. The molecule has 1 heterocycles. The molecule has 70 valence electrons. The Morgan fingerprint density at radius 2 is 2.21 bits per heavy atom. The van der Waals surface area contributed by atoms with Crippen molar-refractivity contribution < 1.29 is 5.11 Å². The van der Waals surface area contributed by atoms with E-state index in [-0.39, 0.29) is 5.75 Å². The van der Waals surface area contributed by atoms with Gasteiger partial charge in [0.15, 0.2) is 0 Å². The van der Waals surface area contributed by atoms with E-state index in [1.165, 1.54) is 0 Å². The van der Waals surface area contributed by atoms with Crippen molar-refractivity contribution in [3.8, 4) is 17.0 Å². The van der Waals surface area contributed by atoms with E-state index in [2.05, 4.69) is 16.8 Å². The fraction of sp³-hybridized carbons (Fsp3) is 0. The van der Waals surface area contributed by atoms with Crippen LogP contribution in [0.25, 0.3) is 17.3 Å². The summed E-state index contributed by atoms with van der Waals surface area (Å²) in [6, 6.07) is 7.18. The molecule has 0 saturated heterocycles. The van der Waals surface area contributed by atoms with Crippen LogP contribution in [0.4, 0.5) is 0 Å². The molecule has 3 nitrogen and oxygen atoms in total. The van der Waals surface area contributed by atoms with Crippen molar-refractivity contribution in [3.05, 3.63) is 42.6 Å². The van der Waals surface area contributed by atoms with Gasteiger partial charge in [-0.05, 0) is 12.1 Å². The van der Waals surface area contributed by atoms with Gasteiger partial charge in [-0.1, -0.05) is 24.8 Å². The molecular weight excluding hydrogens is 176 g/mol. The van der Waals surface area contributed by atoms with Crippen molar-refractivity contribution in [2.24, 2.45) is 0 Å². The summed E-state index contributed by atoms with van der Waals surface area (Å²) in [5.41, 5.74) is 2.49. The van der Waals surface area contributed by atoms with Gasteiger partial charge in [0.05, 0.1) is 5.69 Å². The Bertz CT molecular complexity index is 446. The van der Waals surface area contributed by atoms with Gasteiger partial charge in [-0.25, -0.2) is 0 Å². The van der Waals surface area contributed by atoms with Crippen LogP contribution in [0, 0.1) is 0 Å². The molecule has 0 fully saturated rings. The summed E-state index contributed by atoms with van der Waals surface area (Å²) in [6.07, 6.45) is 3.30. The summed E-state index contributed by atoms with van der Waals surface area (Å²) in [5.74, 6) is 0.229. The number of benzene rings is 1. The van der Waals surface area contributed by atoms with Crippen molar-refractivity contribution in [2.75, 3.05) is 0 Å². The first kappa shape index (κ1) is 8.56. The molecule has 0 unspecified atom stereocenters. The lowest BCUT2D eigenvalue weighted by Crippen LogP contribution is -1.84. The van der Waals surface area contributed by atoms with Gasteiger partial charge in [0.25, 0.3) is 0 Å². The predicted octanol–water partition coefficient (Wildman–Crippen LogP) is 2.43. The van der Waals surface area contributed by atoms with Crippen LogP contribution in [-0.4, -0.2) is 15.3 Å². The molecule has 14 heavy (non-hydrogen) atoms. The third-order valence-corrected chi connectivity index (χ3v) is 2.08. The maximum atomic E-state index is 9.58. The topological polar surface area (TPSA) is 48.9 Å². The smallest absolute Gasteiger partial charge is 0.123 e. The Morgan fingerprint density at radius 3 is 2.86 bits per heavy atom. The molecule has 0 spiro atoms. The number of aromatic nitrogens is 2. The largest absolute Gasteiger partial charge is 0.507 e. The molecule has 0 radical (unpaired) electrons. The number of hydrogen-bond acceptors (Lipinski definition) is 2. The average molecular weight is 186 g/mol. The molecule has 3 heteroatoms. The first-order valence-electron chi connectivity index (χ1n) is 4.27. The van der Waals surface area contributed by atoms with Gasteiger partial charge >= 0.3 is 0 Å². The number of rotatable bonds is 2. The molecule has 1 aromatic heterocycles. The number of phenols is 1. The van der Waals surface area contributed by atoms with E-state index in [1.807, 2.05) is 12.1 Å². The second kappa shape index (κ2) is 3.38. The first-order valence-corrected chi connectivity index (χ1v) is 4.27. The highest BCUT2D eigenvalue weighted by molar-refractivity contribution is 5.75. The number of phenolic OH excluding ortho intramolecular Hbond substituents is 1. The molecule has 2 aromatic rings. The van der Waals surface area contributed by atoms with Crippen LogP contribution in [0.3, 0.4) is 0 Å². The third kappa shape index (κ3) is 1.29. The van der Waals surface area contributed by atoms with E-state index in [4.69, 9.17) is 0 Å². The summed E-state index contributed by atoms with van der Waals surface area (Å²) in [4.78, 5) is 0. The highest BCUT2D eigenvalue weighted by Crippen LogP contribution is 2.29. The van der Waals surface area contributed by atoms with E-state index in [0.717, 1.165) is 16.8 Å². The van der Waals surface area contributed by atoms with Crippen LogP contribution >= 0.6 is 0 Å². The second-order valence-electron chi connectivity index (χ2n) is 2.91. The molecule has 0 aliphatic rings. The van der Waals surface area contributed by atoms with Gasteiger partial charge in [-0.15, -0.1) is 0 Å². The molecule has 0 aliphatic heterocycles. The van der Waals surface area contributed by atoms with Gasteiger partial charge in [0.2, 0.25) is 0 Å². The quantitative estimate of drug-likeness (QED) is 0.756. The number of aromatic amines is 1. The molecule has 0 atom stereocenters. The Labute approximate surface area is 81.7 Å². The van der Waals surface area contributed by atoms with Gasteiger partial charge in [-0.2, -0.15) is 5.10 Å². The van der Waals surface area contributed by atoms with Crippen LogP contribution < -0.4 is 0 Å². The van der Waals surface area contributed by atoms with E-state index in [9.17, 15) is 5.11 Å². The van der Waals surface area contributed by atoms with E-state index in [0.29, 0.717) is 0 Å². The van der Waals surface area contributed by atoms with Crippen molar-refractivity contribution in [2.45, 2.75) is 0 Å². The Hall–Kier alpha value is -2.03. The van der Waals surface area contributed by atoms with Crippen LogP contribution in [0.15, 0.2) is 37.0 Å². The maximum absolute atomic E-state index is 9.58. The minimum Gasteiger partial charge on any atom is -0.507 e. The van der Waals surface area contributed by atoms with Crippen LogP contribution in [0.5, 0.6) is 5.75 Å². The third-order valence-electron chi connectivity index (χ3n) is 2.08. The van der Waals surface area contributed by atoms with Gasteiger partial charge < -0.3 is 5.11 Å². The summed E-state index contributed by atoms with van der Waals surface area (Å²) < 4.78 is 0. The molecule has 0 aliphatic carbocycles. The fourth-order valence-corrected chi connectivity index (χ4v) is 1.41. The number of H-pyrrole nitrogens is 1. The SMILES string of the molecule is C=Cc1c(O)cccc1-c1ccn[nH]1. The van der Waals surface area contributed by atoms with Crippen molar-refractivity contribution in [1.29, 1.82) is 0 Å². The normalized spacial score (nSPS) is 10.0. The van der Waals surface area contributed by atoms with Crippen LogP contribution in [0.1, 0.15) is 5.56 Å². The second-order valence-corrected chi connectivity index (χ2v) is 2.91. The number of nitrogens with zero attached hydrogens (tertiary/aromatic N) is 1. The minimum absolute atomic E-state index is 0.229. The zero-order valence-electron chi connectivity index (χ0n) is 7.57. The molecule has 0 saturated carbocycles. The molecule has 1 aromatic carbocycles. The van der Waals surface area contributed by atoms with E-state index in [1.54, 1.807) is 24.4 Å². The van der Waals surface area contributed by atoms with Crippen molar-refractivity contribution >= 4 is 6.08 Å². The maximum Gasteiger partial charge on any atom is 0.123 e. The zero-order valence-corrected chi connectivity index (χ0v) is 7.57. The number of nitrogens with one attached hydrogen (secondary N) is 1. The van der Waals surface area contributed by atoms with Gasteiger partial charge in [0, 0.05) is 17.3 Å². The fourth-order valence-electron chi connectivity index (χ4n) is 1.41. The standard InChI is InChI=1S/C11H10N2O/c1-2-8-9(4-3-5-11(8)14)10-6-7-12-13-10/h2-7,14H,1H2,(H,12,13). The predicted molar refractivity (Wildman–Crippen MR) is 55.8 cm³/mol. The lowest BCUT2D eigenvalue weighted by molar-refractivity contribution is 0.474. The van der Waals surface area contributed by atoms with Gasteiger partial charge in [-0.3, -0.25) is 5.10 Å². The number of aromatic hydroxyl groups is 1. The lowest BCUT2D eigenvalue weighted by atomic mass is 10.0. The Balaban J connectivity index is 2.64. The van der Waals surface area contributed by atoms with Crippen molar-refractivity contribution in [3.63, 3.8) is 0 Å². The lowest BCUT2D eigenvalue weighted by Gasteiger charge is -2.04. The average Bonchev–Trinajstić information content (AvgIpc) is 2.70. The molecular formula is C11H10N2O. The summed E-state index contributed by atoms with van der Waals surface area (Å²) in [6.45, 7) is 3.67. The minimum atomic E-state index is 0.229. The highest BCUT2D eigenvalue weighted by Gasteiger charge is 2.06.